The van der Waals surface area contributed by atoms with Gasteiger partial charge in [0.25, 0.3) is 0 Å². The van der Waals surface area contributed by atoms with Crippen molar-refractivity contribution >= 4 is 87.6 Å². The van der Waals surface area contributed by atoms with Gasteiger partial charge in [0.1, 0.15) is 71.0 Å². The maximum Gasteiger partial charge on any atom is 0.306 e. The van der Waals surface area contributed by atoms with Crippen molar-refractivity contribution in [3.05, 3.63) is 71.7 Å². The molecule has 8 bridgehead atoms. The molecular formula is C104H130N11O18V3-3. The van der Waals surface area contributed by atoms with Gasteiger partial charge in [0.05, 0.1) is 123 Å². The van der Waals surface area contributed by atoms with Crippen molar-refractivity contribution in [2.75, 3.05) is 41.0 Å². The van der Waals surface area contributed by atoms with E-state index in [1.165, 1.54) is 22.6 Å². The number of aryl methyl sites for hydroxylation is 3. The Bertz CT molecular complexity index is 5370. The molecule has 12 aliphatic rings. The summed E-state index contributed by atoms with van der Waals surface area (Å²) in [7, 11) is 4.80. The van der Waals surface area contributed by atoms with Gasteiger partial charge in [-0.3, -0.25) is 28.8 Å². The molecule has 32 heteroatoms. The first-order chi connectivity index (χ1) is 64.2. The first-order valence-corrected chi connectivity index (χ1v) is 49.1. The molecule has 29 nitrogen and oxygen atoms in total. The molecule has 3 aromatic carbocycles. The van der Waals surface area contributed by atoms with Gasteiger partial charge in [-0.15, -0.1) is 0 Å². The minimum Gasteiger partial charge on any atom is -0.540 e. The molecule has 0 spiro atoms. The van der Waals surface area contributed by atoms with E-state index in [4.69, 9.17) is 72.5 Å². The molecule has 2 unspecified atom stereocenters. The van der Waals surface area contributed by atoms with Crippen LogP contribution in [-0.4, -0.2) is 195 Å². The summed E-state index contributed by atoms with van der Waals surface area (Å²) in [4.78, 5) is 154. The van der Waals surface area contributed by atoms with E-state index in [1.54, 1.807) is 38.4 Å². The van der Waals surface area contributed by atoms with E-state index in [-0.39, 0.29) is 173 Å². The van der Waals surface area contributed by atoms with Gasteiger partial charge >= 0.3 is 17.9 Å². The molecule has 6 aliphatic heterocycles. The number of benzene rings is 3. The largest absolute Gasteiger partial charge is 0.540 e. The second-order valence-electron chi connectivity index (χ2n) is 41.8. The van der Waals surface area contributed by atoms with E-state index in [0.29, 0.717) is 124 Å². The number of hydrogen-bond donors (Lipinski definition) is 0. The van der Waals surface area contributed by atoms with Crippen molar-refractivity contribution in [2.45, 2.75) is 302 Å². The number of amides is 3. The quantitative estimate of drug-likeness (QED) is 0.0737. The van der Waals surface area contributed by atoms with Crippen molar-refractivity contribution in [3.8, 4) is 47.0 Å². The number of hydrogen-bond acceptors (Lipinski definition) is 26. The van der Waals surface area contributed by atoms with Gasteiger partial charge in [-0.25, -0.2) is 48.8 Å². The Morgan fingerprint density at radius 3 is 1.24 bits per heavy atom. The van der Waals surface area contributed by atoms with E-state index in [1.807, 2.05) is 104 Å². The van der Waals surface area contributed by atoms with Gasteiger partial charge in [-0.1, -0.05) is 124 Å². The van der Waals surface area contributed by atoms with E-state index in [9.17, 15) is 53.7 Å². The molecule has 727 valence electrons. The third-order valence-corrected chi connectivity index (χ3v) is 31.3. The van der Waals surface area contributed by atoms with Crippen LogP contribution in [0.15, 0.2) is 54.6 Å². The second-order valence-corrected chi connectivity index (χ2v) is 41.8. The minimum atomic E-state index is -0.994. The summed E-state index contributed by atoms with van der Waals surface area (Å²) in [6.45, 7) is 13.8. The SMILES string of the molecule is COc1ccc2nc3c(nc2c1)O[C@H]1CN(C(=O)[C@H](C(C)(C)C)CC(=O)O[C@@H]2CC4CC4[C@H]2CCCCC3)[C@H]([C-]=O)[C@@H]1CC#N.COc1ccc2nc3c(nc2c1)O[C@H]1CN(C(=O)[C@H](C(C)(C)C)CC(=O)O[C@@H]2[C@H]4CC[C@H](C4)[C@H]2CCCCC3)[C@H]([C-]=O)[C@@H]1CC#N.COc1ccc2nc3c(nc2c1)O[C@H]1CN(C(=O)[C@H](C2CCCCC2)CC(=O)O[C@@H]2C[C@H]2CCCCC3)[C@H]([C-]=O)[C@@H]1C.[V].[V].[V]. The number of nitrogens with zero attached hydrogens (tertiary/aromatic N) is 11. The fourth-order valence-corrected chi connectivity index (χ4v) is 23.5. The molecule has 6 saturated carbocycles. The predicted molar refractivity (Wildman–Crippen MR) is 490 cm³/mol. The zero-order chi connectivity index (χ0) is 93.7. The molecule has 3 aromatic heterocycles. The van der Waals surface area contributed by atoms with Gasteiger partial charge in [0, 0.05) is 98.5 Å². The summed E-state index contributed by atoms with van der Waals surface area (Å²) < 4.78 is 54.1. The molecule has 3 radical (unpaired) electrons. The number of carbonyl (C=O) groups excluding carboxylic acids is 9. The van der Waals surface area contributed by atoms with Crippen LogP contribution in [0.3, 0.4) is 0 Å². The zero-order valence-electron chi connectivity index (χ0n) is 80.1. The Morgan fingerprint density at radius 1 is 0.390 bits per heavy atom. The van der Waals surface area contributed by atoms with E-state index in [2.05, 4.69) is 18.4 Å². The fourth-order valence-electron chi connectivity index (χ4n) is 23.5. The van der Waals surface area contributed by atoms with Gasteiger partial charge < -0.3 is 71.7 Å². The Hall–Kier alpha value is -8.96. The number of methoxy groups -OCH3 is 3. The van der Waals surface area contributed by atoms with Crippen LogP contribution in [0.2, 0.25) is 0 Å². The summed E-state index contributed by atoms with van der Waals surface area (Å²) in [5.74, 6) is 1.25. The van der Waals surface area contributed by atoms with Crippen LogP contribution in [0.25, 0.3) is 33.1 Å². The first kappa shape index (κ1) is 104. The Balaban J connectivity index is 0.000000171. The van der Waals surface area contributed by atoms with Crippen LogP contribution < -0.4 is 28.4 Å². The van der Waals surface area contributed by atoms with Crippen molar-refractivity contribution in [3.63, 3.8) is 0 Å². The zero-order valence-corrected chi connectivity index (χ0v) is 84.3. The number of rotatable bonds is 9. The van der Waals surface area contributed by atoms with Crippen LogP contribution in [-0.2, 0) is 132 Å². The summed E-state index contributed by atoms with van der Waals surface area (Å²) in [5, 5.41) is 19.5. The molecule has 18 rings (SSSR count). The first-order valence-electron chi connectivity index (χ1n) is 49.1. The van der Waals surface area contributed by atoms with Crippen LogP contribution >= 0.6 is 0 Å². The molecule has 3 saturated heterocycles. The molecule has 6 aliphatic carbocycles. The minimum absolute atomic E-state index is 0. The molecular weight excluding hydrogens is 1840 g/mol. The molecule has 9 heterocycles. The molecule has 0 N–H and O–H groups in total. The van der Waals surface area contributed by atoms with Gasteiger partial charge in [-0.2, -0.15) is 10.5 Å². The molecule has 3 amide bonds. The van der Waals surface area contributed by atoms with Gasteiger partial charge in [-0.05, 0) is 210 Å². The number of fused-ring (bicyclic) bond motifs is 21. The van der Waals surface area contributed by atoms with Crippen molar-refractivity contribution in [1.82, 2.24) is 44.6 Å². The number of aromatic nitrogens is 6. The third-order valence-electron chi connectivity index (χ3n) is 31.3. The van der Waals surface area contributed by atoms with Crippen molar-refractivity contribution in [1.29, 1.82) is 10.5 Å². The predicted octanol–water partition coefficient (Wildman–Crippen LogP) is 15.3. The molecule has 136 heavy (non-hydrogen) atoms. The summed E-state index contributed by atoms with van der Waals surface area (Å²) in [5.41, 5.74) is 5.14. The van der Waals surface area contributed by atoms with Crippen molar-refractivity contribution < 1.29 is 141 Å². The monoisotopic (exact) mass is 1970 g/mol. The molecule has 9 fully saturated rings. The van der Waals surface area contributed by atoms with Crippen LogP contribution in [0.5, 0.6) is 34.9 Å². The normalized spacial score (nSPS) is 31.1. The number of carbonyl (C=O) groups is 6. The smallest absolute Gasteiger partial charge is 0.306 e. The van der Waals surface area contributed by atoms with E-state index in [0.717, 1.165) is 157 Å². The number of ether oxygens (including phenoxy) is 9. The van der Waals surface area contributed by atoms with E-state index < -0.39 is 76.9 Å². The second kappa shape index (κ2) is 46.0. The number of nitriles is 2. The maximum absolute atomic E-state index is 14.3. The average Bonchev–Trinajstić information content (AvgIpc) is 1.59. The third kappa shape index (κ3) is 23.7. The average molecular weight is 1980 g/mol. The van der Waals surface area contributed by atoms with Gasteiger partial charge in [0.15, 0.2) is 0 Å². The van der Waals surface area contributed by atoms with Crippen molar-refractivity contribution in [2.24, 2.45) is 93.7 Å². The fraction of sp³-hybridized carbons (Fsp3) is 0.663. The van der Waals surface area contributed by atoms with Crippen LogP contribution in [0.4, 0.5) is 0 Å². The molecule has 22 atom stereocenters. The standard InChI is InChI=1S/C36H45N4O6.C35H43N4O6.C33H42N3O6.3V/c1-36(2,3)26-18-32(42)46-33-22-11-10-21(16-22)24(33)8-6-5-7-9-28-34(39-29-17-23(44-4)12-13-27(29)38-28)45-31-19-40(35(26)43)30(20-41)25(31)14-15-37;1-35(2,3)25-17-32(41)44-30-15-20-14-24(20)22(30)8-6-5-7-9-27-33(38-28-16-21(43-4)10-11-26(28)37-27)45-31-18-39(34(25)42)29(19-40)23(31)12-13-36;1-20-28(19-37)36-18-30(20)42-32-26(34-25-14-13-23(40-2)16-27(25)35-32)12-8-4-7-11-22-15-29(22)41-31(38)17-24(33(36)39)21-9-5-3-6-10-21;;;/h12-13,17,21-22,24-26,30-31,33H,5-11,14,16,18-19H2,1-4H3;10-11,16,20,22-25,29-31H,5-9,12,14-15,17-18H2,1-4H3;13-14,16,20-22,24,28-30H,3-12,15,17-18H2,1-2H3;;;/q3*-1;;;/t21-,22+,24-,25+,26-,30-,31+,33-;20?,22-,23+,24?,25-,29-,30-,31+;20-,22+,24-,28+,29+,30-;;;/m110.../s1. The molecule has 6 aromatic rings. The summed E-state index contributed by atoms with van der Waals surface area (Å²) >= 11 is 0. The number of esters is 3. The van der Waals surface area contributed by atoms with Crippen LogP contribution in [0.1, 0.15) is 245 Å². The maximum atomic E-state index is 14.3. The Labute approximate surface area is 834 Å². The van der Waals surface area contributed by atoms with Gasteiger partial charge in [0.2, 0.25) is 35.4 Å². The summed E-state index contributed by atoms with van der Waals surface area (Å²) in [6, 6.07) is 18.3. The Morgan fingerprint density at radius 2 is 0.787 bits per heavy atom. The summed E-state index contributed by atoms with van der Waals surface area (Å²) in [6.07, 6.45) is 29.4. The van der Waals surface area contributed by atoms with E-state index >= 15 is 0 Å². The Kier molecular flexibility index (Phi) is 35.3. The van der Waals surface area contributed by atoms with Crippen LogP contribution in [0, 0.1) is 116 Å². The topological polar surface area (TPSA) is 371 Å².